The summed E-state index contributed by atoms with van der Waals surface area (Å²) in [7, 11) is -0.460. The van der Waals surface area contributed by atoms with Crippen molar-refractivity contribution >= 4 is 33.0 Å². The van der Waals surface area contributed by atoms with Gasteiger partial charge in [0.2, 0.25) is 0 Å². The monoisotopic (exact) mass is 270 g/mol. The lowest BCUT2D eigenvalue weighted by atomic mass is 10.7. The number of aromatic nitrogens is 1. The highest BCUT2D eigenvalue weighted by Gasteiger charge is 2.22. The van der Waals surface area contributed by atoms with Gasteiger partial charge in [-0.3, -0.25) is 0 Å². The van der Waals surface area contributed by atoms with Crippen molar-refractivity contribution in [1.29, 1.82) is 0 Å². The number of thiazole rings is 1. The summed E-state index contributed by atoms with van der Waals surface area (Å²) in [6, 6.07) is 0. The molecule has 0 radical (unpaired) electrons. The number of ether oxygens (including phenoxy) is 1. The second-order valence-electron chi connectivity index (χ2n) is 2.75. The molecule has 0 aromatic carbocycles. The lowest BCUT2D eigenvalue weighted by molar-refractivity contribution is 0.185. The summed E-state index contributed by atoms with van der Waals surface area (Å²) < 4.78 is 30.0. The third-order valence-corrected chi connectivity index (χ3v) is 5.14. The Labute approximate surface area is 97.7 Å². The number of hydrogen-bond acceptors (Lipinski definition) is 5. The molecule has 15 heavy (non-hydrogen) atoms. The molecule has 0 aliphatic carbocycles. The fourth-order valence-electron chi connectivity index (χ4n) is 0.852. The van der Waals surface area contributed by atoms with E-state index in [-0.39, 0.29) is 8.68 Å². The van der Waals surface area contributed by atoms with Gasteiger partial charge >= 0.3 is 0 Å². The number of rotatable bonds is 5. The Kier molecular flexibility index (Phi) is 4.47. The minimum Gasteiger partial charge on any atom is -0.383 e. The molecule has 86 valence electrons. The van der Waals surface area contributed by atoms with Crippen LogP contribution in [0, 0.1) is 0 Å². The maximum atomic E-state index is 11.8. The van der Waals surface area contributed by atoms with Gasteiger partial charge in [0.15, 0.2) is 8.68 Å². The first-order chi connectivity index (χ1) is 6.98. The summed E-state index contributed by atoms with van der Waals surface area (Å²) in [6.07, 6.45) is 1.26. The second kappa shape index (κ2) is 5.22. The number of hydrogen-bond donors (Lipinski definition) is 0. The Hall–Kier alpha value is -0.210. The van der Waals surface area contributed by atoms with Crippen molar-refractivity contribution in [3.05, 3.63) is 10.7 Å². The lowest BCUT2D eigenvalue weighted by Gasteiger charge is -2.14. The summed E-state index contributed by atoms with van der Waals surface area (Å²) in [5.74, 6) is 0. The molecule has 0 amide bonds. The third kappa shape index (κ3) is 3.12. The SMILES string of the molecule is COCCN(C)S(=O)(=O)c1cnc(Cl)s1. The molecular formula is C7H11ClN2O3S2. The zero-order valence-electron chi connectivity index (χ0n) is 8.31. The van der Waals surface area contributed by atoms with E-state index in [1.807, 2.05) is 0 Å². The van der Waals surface area contributed by atoms with Gasteiger partial charge in [0, 0.05) is 20.7 Å². The number of likely N-dealkylation sites (N-methyl/N-ethyl adjacent to an activating group) is 1. The first kappa shape index (κ1) is 12.9. The average molecular weight is 271 g/mol. The number of methoxy groups -OCH3 is 1. The summed E-state index contributed by atoms with van der Waals surface area (Å²) >= 11 is 6.52. The van der Waals surface area contributed by atoms with Gasteiger partial charge in [-0.2, -0.15) is 4.31 Å². The molecule has 0 N–H and O–H groups in total. The van der Waals surface area contributed by atoms with Crippen LogP contribution in [0.25, 0.3) is 0 Å². The normalized spacial score (nSPS) is 12.3. The van der Waals surface area contributed by atoms with Crippen LogP contribution in [0.2, 0.25) is 4.47 Å². The maximum absolute atomic E-state index is 11.8. The molecule has 8 heteroatoms. The van der Waals surface area contributed by atoms with Crippen molar-refractivity contribution in [2.75, 3.05) is 27.3 Å². The zero-order valence-corrected chi connectivity index (χ0v) is 10.7. The molecule has 0 aliphatic heterocycles. The molecule has 0 fully saturated rings. The molecule has 0 spiro atoms. The van der Waals surface area contributed by atoms with Crippen LogP contribution in [-0.4, -0.2) is 45.0 Å². The number of sulfonamides is 1. The van der Waals surface area contributed by atoms with E-state index in [4.69, 9.17) is 16.3 Å². The van der Waals surface area contributed by atoms with Crippen LogP contribution in [0.1, 0.15) is 0 Å². The molecule has 0 aliphatic rings. The molecular weight excluding hydrogens is 260 g/mol. The number of nitrogens with zero attached hydrogens (tertiary/aromatic N) is 2. The predicted molar refractivity (Wildman–Crippen MR) is 58.8 cm³/mol. The van der Waals surface area contributed by atoms with E-state index >= 15 is 0 Å². The van der Waals surface area contributed by atoms with E-state index in [9.17, 15) is 8.42 Å². The largest absolute Gasteiger partial charge is 0.383 e. The van der Waals surface area contributed by atoms with Crippen LogP contribution >= 0.6 is 22.9 Å². The first-order valence-corrected chi connectivity index (χ1v) is 6.68. The Morgan fingerprint density at radius 3 is 2.80 bits per heavy atom. The van der Waals surface area contributed by atoms with Crippen molar-refractivity contribution in [3.8, 4) is 0 Å². The molecule has 0 saturated heterocycles. The summed E-state index contributed by atoms with van der Waals surface area (Å²) in [5.41, 5.74) is 0. The molecule has 5 nitrogen and oxygen atoms in total. The van der Waals surface area contributed by atoms with Crippen LogP contribution < -0.4 is 0 Å². The molecule has 1 rings (SSSR count). The van der Waals surface area contributed by atoms with Crippen LogP contribution in [0.3, 0.4) is 0 Å². The summed E-state index contributed by atoms with van der Waals surface area (Å²) in [5, 5.41) is 0. The van der Waals surface area contributed by atoms with E-state index in [0.717, 1.165) is 11.3 Å². The van der Waals surface area contributed by atoms with Crippen molar-refractivity contribution in [1.82, 2.24) is 9.29 Å². The molecule has 0 atom stereocenters. The van der Waals surface area contributed by atoms with Gasteiger partial charge in [-0.15, -0.1) is 0 Å². The fourth-order valence-corrected chi connectivity index (χ4v) is 3.51. The van der Waals surface area contributed by atoms with E-state index < -0.39 is 10.0 Å². The first-order valence-electron chi connectivity index (χ1n) is 4.05. The highest BCUT2D eigenvalue weighted by molar-refractivity contribution is 7.91. The van der Waals surface area contributed by atoms with Crippen LogP contribution in [0.5, 0.6) is 0 Å². The summed E-state index contributed by atoms with van der Waals surface area (Å²) in [6.45, 7) is 0.649. The molecule has 1 aromatic heterocycles. The fraction of sp³-hybridized carbons (Fsp3) is 0.571. The predicted octanol–water partition coefficient (Wildman–Crippen LogP) is 1.06. The standard InChI is InChI=1S/C7H11ClN2O3S2/c1-10(3-4-13-2)15(11,12)6-5-9-7(8)14-6/h5H,3-4H2,1-2H3. The molecule has 0 saturated carbocycles. The van der Waals surface area contributed by atoms with Crippen molar-refractivity contribution in [2.45, 2.75) is 4.21 Å². The van der Waals surface area contributed by atoms with Crippen molar-refractivity contribution in [3.63, 3.8) is 0 Å². The van der Waals surface area contributed by atoms with Crippen molar-refractivity contribution < 1.29 is 13.2 Å². The van der Waals surface area contributed by atoms with E-state index in [2.05, 4.69) is 4.98 Å². The smallest absolute Gasteiger partial charge is 0.254 e. The molecule has 1 aromatic rings. The Balaban J connectivity index is 2.83. The van der Waals surface area contributed by atoms with E-state index in [1.165, 1.54) is 24.7 Å². The van der Waals surface area contributed by atoms with Crippen molar-refractivity contribution in [2.24, 2.45) is 0 Å². The minimum absolute atomic E-state index is 0.145. The topological polar surface area (TPSA) is 59.5 Å². The van der Waals surface area contributed by atoms with Gasteiger partial charge in [-0.25, -0.2) is 13.4 Å². The Bertz CT molecular complexity index is 418. The van der Waals surface area contributed by atoms with Gasteiger partial charge in [0.25, 0.3) is 10.0 Å². The lowest BCUT2D eigenvalue weighted by Crippen LogP contribution is -2.29. The van der Waals surface area contributed by atoms with Gasteiger partial charge in [-0.05, 0) is 0 Å². The van der Waals surface area contributed by atoms with Crippen LogP contribution in [0.15, 0.2) is 10.4 Å². The Morgan fingerprint density at radius 2 is 2.33 bits per heavy atom. The van der Waals surface area contributed by atoms with Crippen LogP contribution in [-0.2, 0) is 14.8 Å². The quantitative estimate of drug-likeness (QED) is 0.803. The van der Waals surface area contributed by atoms with Crippen LogP contribution in [0.4, 0.5) is 0 Å². The van der Waals surface area contributed by atoms with E-state index in [1.54, 1.807) is 0 Å². The molecule has 1 heterocycles. The van der Waals surface area contributed by atoms with Gasteiger partial charge < -0.3 is 4.74 Å². The average Bonchev–Trinajstić information content (AvgIpc) is 2.61. The highest BCUT2D eigenvalue weighted by atomic mass is 35.5. The van der Waals surface area contributed by atoms with Gasteiger partial charge in [0.05, 0.1) is 12.8 Å². The maximum Gasteiger partial charge on any atom is 0.254 e. The molecule has 0 bridgehead atoms. The zero-order chi connectivity index (χ0) is 11.5. The minimum atomic E-state index is -3.47. The highest BCUT2D eigenvalue weighted by Crippen LogP contribution is 2.24. The third-order valence-electron chi connectivity index (χ3n) is 1.73. The second-order valence-corrected chi connectivity index (χ2v) is 6.64. The number of halogens is 1. The van der Waals surface area contributed by atoms with Gasteiger partial charge in [-0.1, -0.05) is 22.9 Å². The van der Waals surface area contributed by atoms with Gasteiger partial charge in [0.1, 0.15) is 0 Å². The van der Waals surface area contributed by atoms with E-state index in [0.29, 0.717) is 13.2 Å². The summed E-state index contributed by atoms with van der Waals surface area (Å²) in [4.78, 5) is 3.69. The molecule has 0 unspecified atom stereocenters. The Morgan fingerprint density at radius 1 is 1.67 bits per heavy atom.